The van der Waals surface area contributed by atoms with Crippen LogP contribution in [0.15, 0.2) is 52.4 Å². The number of likely N-dealkylation sites (N-methyl/N-ethyl adjacent to an activating group) is 1. The number of guanidine groups is 1. The second kappa shape index (κ2) is 11.4. The molecule has 7 nitrogen and oxygen atoms in total. The fourth-order valence-electron chi connectivity index (χ4n) is 3.37. The Hall–Kier alpha value is -3.06. The Morgan fingerprint density at radius 2 is 1.77 bits per heavy atom. The summed E-state index contributed by atoms with van der Waals surface area (Å²) in [4.78, 5) is 11.4. The lowest BCUT2D eigenvalue weighted by molar-refractivity contribution is 0.217. The molecule has 0 radical (unpaired) electrons. The Labute approximate surface area is 184 Å². The minimum absolute atomic E-state index is 0.159. The maximum atomic E-state index is 5.99. The quantitative estimate of drug-likeness (QED) is 0.623. The van der Waals surface area contributed by atoms with E-state index in [-0.39, 0.29) is 5.92 Å². The molecule has 0 spiro atoms. The van der Waals surface area contributed by atoms with Gasteiger partial charge in [-0.05, 0) is 42.9 Å². The van der Waals surface area contributed by atoms with Crippen LogP contribution in [0, 0.1) is 0 Å². The number of hydrogen-bond donors (Lipinski definition) is 1. The summed E-state index contributed by atoms with van der Waals surface area (Å²) in [5.74, 6) is 3.00. The van der Waals surface area contributed by atoms with Gasteiger partial charge >= 0.3 is 0 Å². The fourth-order valence-corrected chi connectivity index (χ4v) is 3.37. The predicted octanol–water partition coefficient (Wildman–Crippen LogP) is 4.06. The molecule has 2 aromatic rings. The van der Waals surface area contributed by atoms with Crippen molar-refractivity contribution in [2.24, 2.45) is 9.98 Å². The third kappa shape index (κ3) is 6.21. The second-order valence-corrected chi connectivity index (χ2v) is 7.19. The lowest BCUT2D eigenvalue weighted by Gasteiger charge is -2.19. The Morgan fingerprint density at radius 1 is 1.00 bits per heavy atom. The van der Waals surface area contributed by atoms with Crippen LogP contribution >= 0.6 is 0 Å². The molecule has 0 aliphatic carbocycles. The normalized spacial score (nSPS) is 15.5. The number of anilines is 1. The smallest absolute Gasteiger partial charge is 0.222 e. The van der Waals surface area contributed by atoms with Gasteiger partial charge in [-0.15, -0.1) is 0 Å². The standard InChI is InChI=1S/C24H32N4O3/c1-5-28(6-2)13-14-31-23-15-20(9-12-22(23)30-4)27-24-25-16-19(17-26-24)18-7-10-21(29-3)11-8-18/h7-12,15-16,19H,5-6,13-14,17H2,1-4H3,(H,26,27). The Balaban J connectivity index is 1.60. The summed E-state index contributed by atoms with van der Waals surface area (Å²) in [5.41, 5.74) is 2.03. The summed E-state index contributed by atoms with van der Waals surface area (Å²) in [6, 6.07) is 13.8. The lowest BCUT2D eigenvalue weighted by atomic mass is 10.00. The zero-order valence-corrected chi connectivity index (χ0v) is 18.8. The van der Waals surface area contributed by atoms with E-state index in [1.54, 1.807) is 14.2 Å². The van der Waals surface area contributed by atoms with E-state index in [1.165, 1.54) is 5.56 Å². The highest BCUT2D eigenvalue weighted by Crippen LogP contribution is 2.30. The first-order valence-corrected chi connectivity index (χ1v) is 10.7. The van der Waals surface area contributed by atoms with E-state index >= 15 is 0 Å². The molecule has 0 amide bonds. The molecule has 166 valence electrons. The van der Waals surface area contributed by atoms with Gasteiger partial charge in [0.1, 0.15) is 12.4 Å². The Bertz CT molecular complexity index is 892. The molecule has 1 atom stereocenters. The summed E-state index contributed by atoms with van der Waals surface area (Å²) >= 11 is 0. The molecule has 1 unspecified atom stereocenters. The zero-order chi connectivity index (χ0) is 22.1. The van der Waals surface area contributed by atoms with Crippen LogP contribution in [-0.4, -0.2) is 64.1 Å². The number of hydrogen-bond acceptors (Lipinski definition) is 7. The minimum atomic E-state index is 0.159. The molecule has 0 aromatic heterocycles. The summed E-state index contributed by atoms with van der Waals surface area (Å²) < 4.78 is 16.7. The molecule has 1 heterocycles. The number of nitrogens with zero attached hydrogens (tertiary/aromatic N) is 3. The van der Waals surface area contributed by atoms with Crippen LogP contribution in [0.5, 0.6) is 17.2 Å². The van der Waals surface area contributed by atoms with Gasteiger partial charge in [0, 0.05) is 30.4 Å². The first-order chi connectivity index (χ1) is 15.2. The zero-order valence-electron chi connectivity index (χ0n) is 18.8. The first-order valence-electron chi connectivity index (χ1n) is 10.7. The van der Waals surface area contributed by atoms with Gasteiger partial charge in [-0.1, -0.05) is 26.0 Å². The largest absolute Gasteiger partial charge is 0.497 e. The Kier molecular flexibility index (Phi) is 8.29. The summed E-state index contributed by atoms with van der Waals surface area (Å²) in [6.45, 7) is 8.43. The number of ether oxygens (including phenoxy) is 3. The summed E-state index contributed by atoms with van der Waals surface area (Å²) in [7, 11) is 3.31. The van der Waals surface area contributed by atoms with E-state index in [0.717, 1.165) is 31.1 Å². The van der Waals surface area contributed by atoms with Gasteiger partial charge in [-0.3, -0.25) is 4.99 Å². The van der Waals surface area contributed by atoms with Crippen LogP contribution in [0.3, 0.4) is 0 Å². The van der Waals surface area contributed by atoms with Gasteiger partial charge in [-0.25, -0.2) is 4.99 Å². The van der Waals surface area contributed by atoms with Crippen LogP contribution in [0.1, 0.15) is 25.3 Å². The molecule has 3 rings (SSSR count). The highest BCUT2D eigenvalue weighted by atomic mass is 16.5. The summed E-state index contributed by atoms with van der Waals surface area (Å²) in [6.07, 6.45) is 1.93. The van der Waals surface area contributed by atoms with Crippen molar-refractivity contribution in [1.82, 2.24) is 4.90 Å². The van der Waals surface area contributed by atoms with Gasteiger partial charge in [0.25, 0.3) is 0 Å². The number of rotatable bonds is 10. The van der Waals surface area contributed by atoms with Crippen molar-refractivity contribution in [3.8, 4) is 17.2 Å². The van der Waals surface area contributed by atoms with E-state index in [9.17, 15) is 0 Å². The molecular weight excluding hydrogens is 392 g/mol. The molecule has 0 saturated carbocycles. The minimum Gasteiger partial charge on any atom is -0.497 e. The van der Waals surface area contributed by atoms with Crippen LogP contribution in [0.4, 0.5) is 5.69 Å². The van der Waals surface area contributed by atoms with Gasteiger partial charge in [0.05, 0.1) is 20.8 Å². The second-order valence-electron chi connectivity index (χ2n) is 7.19. The average Bonchev–Trinajstić information content (AvgIpc) is 2.82. The SMILES string of the molecule is CCN(CC)CCOc1cc(NC2=NCC(c3ccc(OC)cc3)C=N2)ccc1OC. The van der Waals surface area contributed by atoms with E-state index in [4.69, 9.17) is 14.2 Å². The molecule has 1 N–H and O–H groups in total. The number of methoxy groups -OCH3 is 2. The van der Waals surface area contributed by atoms with E-state index in [0.29, 0.717) is 30.6 Å². The topological polar surface area (TPSA) is 67.7 Å². The third-order valence-electron chi connectivity index (χ3n) is 5.34. The lowest BCUT2D eigenvalue weighted by Crippen LogP contribution is -2.28. The molecular formula is C24H32N4O3. The molecule has 31 heavy (non-hydrogen) atoms. The van der Waals surface area contributed by atoms with Crippen molar-refractivity contribution < 1.29 is 14.2 Å². The first kappa shape index (κ1) is 22.6. The van der Waals surface area contributed by atoms with Crippen molar-refractivity contribution in [2.75, 3.05) is 52.3 Å². The fraction of sp³-hybridized carbons (Fsp3) is 0.417. The monoisotopic (exact) mass is 424 g/mol. The Morgan fingerprint density at radius 3 is 2.39 bits per heavy atom. The van der Waals surface area contributed by atoms with E-state index in [2.05, 4.69) is 46.2 Å². The molecule has 1 aliphatic heterocycles. The van der Waals surface area contributed by atoms with Crippen molar-refractivity contribution in [3.63, 3.8) is 0 Å². The molecule has 2 aromatic carbocycles. The highest BCUT2D eigenvalue weighted by molar-refractivity contribution is 6.00. The van der Waals surface area contributed by atoms with Crippen LogP contribution in [-0.2, 0) is 0 Å². The van der Waals surface area contributed by atoms with E-state index < -0.39 is 0 Å². The van der Waals surface area contributed by atoms with Crippen molar-refractivity contribution in [3.05, 3.63) is 48.0 Å². The molecule has 0 bridgehead atoms. The average molecular weight is 425 g/mol. The number of benzene rings is 2. The maximum Gasteiger partial charge on any atom is 0.222 e. The van der Waals surface area contributed by atoms with Crippen LogP contribution < -0.4 is 19.5 Å². The van der Waals surface area contributed by atoms with Gasteiger partial charge < -0.3 is 24.4 Å². The van der Waals surface area contributed by atoms with Crippen LogP contribution in [0.2, 0.25) is 0 Å². The molecule has 1 aliphatic rings. The van der Waals surface area contributed by atoms with Gasteiger partial charge in [0.15, 0.2) is 11.5 Å². The molecule has 0 fully saturated rings. The molecule has 7 heteroatoms. The third-order valence-corrected chi connectivity index (χ3v) is 5.34. The number of nitrogens with one attached hydrogen (secondary N) is 1. The van der Waals surface area contributed by atoms with Crippen molar-refractivity contribution in [1.29, 1.82) is 0 Å². The van der Waals surface area contributed by atoms with Crippen molar-refractivity contribution in [2.45, 2.75) is 19.8 Å². The predicted molar refractivity (Wildman–Crippen MR) is 126 cm³/mol. The van der Waals surface area contributed by atoms with Crippen LogP contribution in [0.25, 0.3) is 0 Å². The maximum absolute atomic E-state index is 5.99. The van der Waals surface area contributed by atoms with Gasteiger partial charge in [-0.2, -0.15) is 0 Å². The van der Waals surface area contributed by atoms with Gasteiger partial charge in [0.2, 0.25) is 5.96 Å². The highest BCUT2D eigenvalue weighted by Gasteiger charge is 2.15. The summed E-state index contributed by atoms with van der Waals surface area (Å²) in [5, 5.41) is 3.27. The van der Waals surface area contributed by atoms with E-state index in [1.807, 2.05) is 36.5 Å². The van der Waals surface area contributed by atoms with Crippen molar-refractivity contribution >= 4 is 17.9 Å². The molecule has 0 saturated heterocycles. The number of aliphatic imine (C=N–C) groups is 2.